The first kappa shape index (κ1) is 21.6. The molecule has 0 fully saturated rings. The number of fused-ring (bicyclic) bond motifs is 1. The van der Waals surface area contributed by atoms with Crippen molar-refractivity contribution in [1.29, 1.82) is 0 Å². The Hall–Kier alpha value is -3.60. The van der Waals surface area contributed by atoms with Crippen molar-refractivity contribution in [2.24, 2.45) is 0 Å². The molecule has 0 spiro atoms. The smallest absolute Gasteiger partial charge is 0.203 e. The van der Waals surface area contributed by atoms with Crippen LogP contribution in [0.1, 0.15) is 22.5 Å². The highest BCUT2D eigenvalue weighted by Crippen LogP contribution is 2.38. The average molecular weight is 429 g/mol. The fraction of sp³-hybridized carbons (Fsp3) is 0.259. The summed E-state index contributed by atoms with van der Waals surface area (Å²) in [5, 5.41) is 2.54. The van der Waals surface area contributed by atoms with E-state index in [2.05, 4.69) is 47.4 Å². The molecule has 0 radical (unpaired) electrons. The molecule has 1 heterocycles. The SMILES string of the molecule is COc1cc(CCc2cncc(CCc3ccc4ccccc4c3)n2)cc(OC)c1OC. The number of rotatable bonds is 9. The van der Waals surface area contributed by atoms with Gasteiger partial charge in [-0.2, -0.15) is 0 Å². The molecule has 0 atom stereocenters. The molecule has 4 aromatic rings. The van der Waals surface area contributed by atoms with Crippen molar-refractivity contribution in [3.63, 3.8) is 0 Å². The third kappa shape index (κ3) is 4.99. The molecule has 0 bridgehead atoms. The Kier molecular flexibility index (Phi) is 6.85. The Morgan fingerprint density at radius 2 is 1.25 bits per heavy atom. The van der Waals surface area contributed by atoms with Crippen molar-refractivity contribution >= 4 is 10.8 Å². The van der Waals surface area contributed by atoms with Crippen molar-refractivity contribution < 1.29 is 14.2 Å². The highest BCUT2D eigenvalue weighted by molar-refractivity contribution is 5.83. The number of hydrogen-bond acceptors (Lipinski definition) is 5. The van der Waals surface area contributed by atoms with Crippen molar-refractivity contribution in [3.05, 3.63) is 89.5 Å². The van der Waals surface area contributed by atoms with Crippen molar-refractivity contribution in [3.8, 4) is 17.2 Å². The lowest BCUT2D eigenvalue weighted by Gasteiger charge is -2.14. The van der Waals surface area contributed by atoms with Crippen LogP contribution in [-0.4, -0.2) is 31.3 Å². The molecule has 32 heavy (non-hydrogen) atoms. The highest BCUT2D eigenvalue weighted by atomic mass is 16.5. The molecule has 164 valence electrons. The zero-order chi connectivity index (χ0) is 22.3. The summed E-state index contributed by atoms with van der Waals surface area (Å²) in [6.07, 6.45) is 7.11. The quantitative estimate of drug-likeness (QED) is 0.366. The van der Waals surface area contributed by atoms with E-state index < -0.39 is 0 Å². The van der Waals surface area contributed by atoms with Crippen LogP contribution in [-0.2, 0) is 25.7 Å². The molecular weight excluding hydrogens is 400 g/mol. The van der Waals surface area contributed by atoms with Gasteiger partial charge in [0.15, 0.2) is 11.5 Å². The minimum Gasteiger partial charge on any atom is -0.493 e. The Balaban J connectivity index is 1.42. The molecule has 5 nitrogen and oxygen atoms in total. The summed E-state index contributed by atoms with van der Waals surface area (Å²) in [7, 11) is 4.87. The molecule has 0 amide bonds. The van der Waals surface area contributed by atoms with Gasteiger partial charge in [-0.1, -0.05) is 42.5 Å². The first-order valence-electron chi connectivity index (χ1n) is 10.8. The van der Waals surface area contributed by atoms with Crippen LogP contribution in [0.3, 0.4) is 0 Å². The van der Waals surface area contributed by atoms with Crippen LogP contribution in [0.5, 0.6) is 17.2 Å². The molecule has 0 N–H and O–H groups in total. The first-order valence-corrected chi connectivity index (χ1v) is 10.8. The summed E-state index contributed by atoms with van der Waals surface area (Å²) in [4.78, 5) is 9.26. The zero-order valence-corrected chi connectivity index (χ0v) is 18.8. The molecule has 1 aromatic heterocycles. The van der Waals surface area contributed by atoms with Gasteiger partial charge in [0.1, 0.15) is 0 Å². The van der Waals surface area contributed by atoms with E-state index >= 15 is 0 Å². The lowest BCUT2D eigenvalue weighted by atomic mass is 10.0. The predicted molar refractivity (Wildman–Crippen MR) is 127 cm³/mol. The van der Waals surface area contributed by atoms with E-state index in [4.69, 9.17) is 19.2 Å². The molecule has 0 saturated heterocycles. The van der Waals surface area contributed by atoms with E-state index in [1.54, 1.807) is 21.3 Å². The summed E-state index contributed by atoms with van der Waals surface area (Å²) < 4.78 is 16.3. The van der Waals surface area contributed by atoms with Gasteiger partial charge in [-0.25, -0.2) is 0 Å². The third-order valence-electron chi connectivity index (χ3n) is 5.61. The molecule has 0 unspecified atom stereocenters. The van der Waals surface area contributed by atoms with E-state index in [1.165, 1.54) is 16.3 Å². The molecule has 4 rings (SSSR count). The van der Waals surface area contributed by atoms with Gasteiger partial charge in [-0.3, -0.25) is 9.97 Å². The summed E-state index contributed by atoms with van der Waals surface area (Å²) >= 11 is 0. The van der Waals surface area contributed by atoms with E-state index in [0.717, 1.165) is 42.6 Å². The Morgan fingerprint density at radius 1 is 0.625 bits per heavy atom. The largest absolute Gasteiger partial charge is 0.493 e. The molecule has 5 heteroatoms. The molecule has 0 aliphatic heterocycles. The predicted octanol–water partition coefficient (Wildman–Crippen LogP) is 5.23. The number of ether oxygens (including phenoxy) is 3. The second-order valence-corrected chi connectivity index (χ2v) is 7.72. The highest BCUT2D eigenvalue weighted by Gasteiger charge is 2.13. The van der Waals surface area contributed by atoms with Crippen LogP contribution < -0.4 is 14.2 Å². The second kappa shape index (κ2) is 10.1. The Morgan fingerprint density at radius 3 is 1.88 bits per heavy atom. The van der Waals surface area contributed by atoms with Gasteiger partial charge < -0.3 is 14.2 Å². The number of benzene rings is 3. The van der Waals surface area contributed by atoms with Gasteiger partial charge in [-0.05, 0) is 59.7 Å². The maximum atomic E-state index is 5.46. The van der Waals surface area contributed by atoms with E-state index in [-0.39, 0.29) is 0 Å². The maximum absolute atomic E-state index is 5.46. The van der Waals surface area contributed by atoms with Crippen LogP contribution in [0.15, 0.2) is 67.0 Å². The lowest BCUT2D eigenvalue weighted by molar-refractivity contribution is 0.324. The molecule has 0 aliphatic rings. The fourth-order valence-electron chi connectivity index (χ4n) is 3.91. The molecule has 3 aromatic carbocycles. The normalized spacial score (nSPS) is 10.8. The van der Waals surface area contributed by atoms with Crippen LogP contribution in [0.2, 0.25) is 0 Å². The number of aryl methyl sites for hydroxylation is 4. The van der Waals surface area contributed by atoms with E-state index in [9.17, 15) is 0 Å². The molecule has 0 aliphatic carbocycles. The Bertz CT molecular complexity index is 1180. The van der Waals surface area contributed by atoms with Gasteiger partial charge in [0, 0.05) is 12.4 Å². The zero-order valence-electron chi connectivity index (χ0n) is 18.8. The van der Waals surface area contributed by atoms with Crippen molar-refractivity contribution in [1.82, 2.24) is 9.97 Å². The topological polar surface area (TPSA) is 53.5 Å². The minimum absolute atomic E-state index is 0.606. The first-order chi connectivity index (χ1) is 15.7. The third-order valence-corrected chi connectivity index (χ3v) is 5.61. The second-order valence-electron chi connectivity index (χ2n) is 7.72. The monoisotopic (exact) mass is 428 g/mol. The minimum atomic E-state index is 0.606. The van der Waals surface area contributed by atoms with Gasteiger partial charge in [0.05, 0.1) is 32.7 Å². The van der Waals surface area contributed by atoms with E-state index in [1.807, 2.05) is 24.5 Å². The number of methoxy groups -OCH3 is 3. The summed E-state index contributed by atoms with van der Waals surface area (Å²) in [6, 6.07) is 19.1. The van der Waals surface area contributed by atoms with Crippen LogP contribution in [0.25, 0.3) is 10.8 Å². The van der Waals surface area contributed by atoms with Crippen LogP contribution >= 0.6 is 0 Å². The number of hydrogen-bond donors (Lipinski definition) is 0. The maximum Gasteiger partial charge on any atom is 0.203 e. The average Bonchev–Trinajstić information content (AvgIpc) is 2.85. The number of aromatic nitrogens is 2. The summed E-state index contributed by atoms with van der Waals surface area (Å²) in [6.45, 7) is 0. The van der Waals surface area contributed by atoms with Gasteiger partial charge >= 0.3 is 0 Å². The van der Waals surface area contributed by atoms with Crippen LogP contribution in [0.4, 0.5) is 0 Å². The van der Waals surface area contributed by atoms with Gasteiger partial charge in [0.2, 0.25) is 5.75 Å². The van der Waals surface area contributed by atoms with Crippen molar-refractivity contribution in [2.45, 2.75) is 25.7 Å². The standard InChI is InChI=1S/C27H28N2O3/c1-30-25-15-20(16-26(31-2)27(25)32-3)10-13-24-18-28-17-23(29-24)12-9-19-8-11-21-6-4-5-7-22(21)14-19/h4-8,11,14-18H,9-10,12-13H2,1-3H3. The Labute approximate surface area is 189 Å². The van der Waals surface area contributed by atoms with Crippen LogP contribution in [0, 0.1) is 0 Å². The van der Waals surface area contributed by atoms with Gasteiger partial charge in [0.25, 0.3) is 0 Å². The van der Waals surface area contributed by atoms with Gasteiger partial charge in [-0.15, -0.1) is 0 Å². The molecule has 0 saturated carbocycles. The lowest BCUT2D eigenvalue weighted by Crippen LogP contribution is -2.02. The molecular formula is C27H28N2O3. The summed E-state index contributed by atoms with van der Waals surface area (Å²) in [5.74, 6) is 1.93. The fourth-order valence-corrected chi connectivity index (χ4v) is 3.91. The summed E-state index contributed by atoms with van der Waals surface area (Å²) in [5.41, 5.74) is 4.41. The number of nitrogens with zero attached hydrogens (tertiary/aromatic N) is 2. The van der Waals surface area contributed by atoms with Crippen molar-refractivity contribution in [2.75, 3.05) is 21.3 Å². The van der Waals surface area contributed by atoms with E-state index in [0.29, 0.717) is 17.2 Å².